The average molecular weight is 329 g/mol. The molecule has 0 saturated carbocycles. The Morgan fingerprint density at radius 2 is 1.92 bits per heavy atom. The molecule has 0 bridgehead atoms. The molecule has 0 fully saturated rings. The zero-order valence-corrected chi connectivity index (χ0v) is 14.3. The van der Waals surface area contributed by atoms with Gasteiger partial charge in [0.05, 0.1) is 20.8 Å². The number of ether oxygens (including phenoxy) is 2. The van der Waals surface area contributed by atoms with Crippen molar-refractivity contribution in [3.05, 3.63) is 42.2 Å². The van der Waals surface area contributed by atoms with Gasteiger partial charge in [-0.25, -0.2) is 0 Å². The molecule has 0 aliphatic carbocycles. The fourth-order valence-corrected chi connectivity index (χ4v) is 3.11. The molecule has 2 aromatic rings. The van der Waals surface area contributed by atoms with Crippen LogP contribution in [-0.4, -0.2) is 42.7 Å². The highest BCUT2D eigenvalue weighted by molar-refractivity contribution is 5.92. The van der Waals surface area contributed by atoms with Gasteiger partial charge in [-0.15, -0.1) is 0 Å². The van der Waals surface area contributed by atoms with E-state index in [9.17, 15) is 4.79 Å². The van der Waals surface area contributed by atoms with Crippen molar-refractivity contribution in [3.63, 3.8) is 0 Å². The number of anilines is 1. The molecule has 1 aromatic heterocycles. The molecule has 1 aromatic carbocycles. The molecule has 6 nitrogen and oxygen atoms in total. The number of nitrogens with zero attached hydrogens (tertiary/aromatic N) is 2. The smallest absolute Gasteiger partial charge is 0.238 e. The van der Waals surface area contributed by atoms with Gasteiger partial charge in [0.2, 0.25) is 5.91 Å². The highest BCUT2D eigenvalue weighted by Crippen LogP contribution is 2.27. The van der Waals surface area contributed by atoms with Crippen molar-refractivity contribution < 1.29 is 14.3 Å². The second-order valence-electron chi connectivity index (χ2n) is 5.92. The Labute approximate surface area is 142 Å². The van der Waals surface area contributed by atoms with Gasteiger partial charge in [-0.2, -0.15) is 0 Å². The second kappa shape index (κ2) is 6.97. The van der Waals surface area contributed by atoms with Crippen LogP contribution in [0.4, 0.5) is 5.69 Å². The summed E-state index contributed by atoms with van der Waals surface area (Å²) in [5.74, 6) is 1.25. The van der Waals surface area contributed by atoms with Crippen LogP contribution < -0.4 is 14.8 Å². The summed E-state index contributed by atoms with van der Waals surface area (Å²) in [4.78, 5) is 14.6. The Balaban J connectivity index is 1.66. The summed E-state index contributed by atoms with van der Waals surface area (Å²) in [6.45, 7) is 4.25. The van der Waals surface area contributed by atoms with E-state index < -0.39 is 0 Å². The average Bonchev–Trinajstić information content (AvgIpc) is 3.06. The molecule has 24 heavy (non-hydrogen) atoms. The van der Waals surface area contributed by atoms with E-state index in [0.29, 0.717) is 23.7 Å². The quantitative estimate of drug-likeness (QED) is 0.916. The Morgan fingerprint density at radius 1 is 1.21 bits per heavy atom. The van der Waals surface area contributed by atoms with Crippen molar-refractivity contribution >= 4 is 11.6 Å². The molecule has 3 rings (SSSR count). The number of rotatable bonds is 5. The van der Waals surface area contributed by atoms with Crippen LogP contribution in [0.25, 0.3) is 0 Å². The van der Waals surface area contributed by atoms with Crippen molar-refractivity contribution in [2.75, 3.05) is 32.6 Å². The Kier molecular flexibility index (Phi) is 4.76. The van der Waals surface area contributed by atoms with Crippen molar-refractivity contribution in [3.8, 4) is 11.5 Å². The van der Waals surface area contributed by atoms with Crippen molar-refractivity contribution in [2.24, 2.45) is 0 Å². The first-order valence-electron chi connectivity index (χ1n) is 8.02. The minimum Gasteiger partial charge on any atom is -0.497 e. The Hall–Kier alpha value is -2.47. The third kappa shape index (κ3) is 3.38. The van der Waals surface area contributed by atoms with Crippen LogP contribution in [0.1, 0.15) is 18.7 Å². The summed E-state index contributed by atoms with van der Waals surface area (Å²) >= 11 is 0. The lowest BCUT2D eigenvalue weighted by Crippen LogP contribution is -2.41. The van der Waals surface area contributed by atoms with Gasteiger partial charge >= 0.3 is 0 Å². The van der Waals surface area contributed by atoms with Crippen LogP contribution in [-0.2, 0) is 11.3 Å². The van der Waals surface area contributed by atoms with E-state index in [4.69, 9.17) is 9.47 Å². The van der Waals surface area contributed by atoms with Crippen LogP contribution in [0.5, 0.6) is 11.5 Å². The predicted molar refractivity (Wildman–Crippen MR) is 92.6 cm³/mol. The summed E-state index contributed by atoms with van der Waals surface area (Å²) in [6, 6.07) is 9.73. The third-order valence-electron chi connectivity index (χ3n) is 4.45. The predicted octanol–water partition coefficient (Wildman–Crippen LogP) is 2.52. The maximum absolute atomic E-state index is 12.4. The van der Waals surface area contributed by atoms with E-state index in [2.05, 4.69) is 40.0 Å². The largest absolute Gasteiger partial charge is 0.497 e. The SMILES string of the molecule is COc1cc(NC(=O)CN2CCn3cccc3C2C)cc(OC)c1. The van der Waals surface area contributed by atoms with Crippen LogP contribution in [0.15, 0.2) is 36.5 Å². The molecule has 0 saturated heterocycles. The molecule has 128 valence electrons. The Morgan fingerprint density at radius 3 is 2.58 bits per heavy atom. The van der Waals surface area contributed by atoms with Crippen LogP contribution in [0.3, 0.4) is 0 Å². The molecule has 1 unspecified atom stereocenters. The monoisotopic (exact) mass is 329 g/mol. The standard InChI is InChI=1S/C18H23N3O3/c1-13-17-5-4-6-20(17)7-8-21(13)12-18(22)19-14-9-15(23-2)11-16(10-14)24-3/h4-6,9-11,13H,7-8,12H2,1-3H3,(H,19,22). The van der Waals surface area contributed by atoms with E-state index in [1.54, 1.807) is 32.4 Å². The van der Waals surface area contributed by atoms with E-state index in [1.807, 2.05) is 0 Å². The number of amides is 1. The summed E-state index contributed by atoms with van der Waals surface area (Å²) < 4.78 is 12.7. The number of hydrogen-bond donors (Lipinski definition) is 1. The number of aromatic nitrogens is 1. The minimum atomic E-state index is -0.0443. The van der Waals surface area contributed by atoms with E-state index >= 15 is 0 Å². The van der Waals surface area contributed by atoms with E-state index in [1.165, 1.54) is 5.69 Å². The molecule has 1 aliphatic rings. The lowest BCUT2D eigenvalue weighted by Gasteiger charge is -2.34. The summed E-state index contributed by atoms with van der Waals surface area (Å²) in [7, 11) is 3.18. The maximum atomic E-state index is 12.4. The first-order valence-corrected chi connectivity index (χ1v) is 8.02. The highest BCUT2D eigenvalue weighted by Gasteiger charge is 2.25. The molecule has 0 radical (unpaired) electrons. The number of benzene rings is 1. The van der Waals surface area contributed by atoms with Crippen LogP contribution >= 0.6 is 0 Å². The summed E-state index contributed by atoms with van der Waals surface area (Å²) in [5.41, 5.74) is 1.92. The van der Waals surface area contributed by atoms with Crippen LogP contribution in [0.2, 0.25) is 0 Å². The fraction of sp³-hybridized carbons (Fsp3) is 0.389. The number of fused-ring (bicyclic) bond motifs is 1. The number of carbonyl (C=O) groups excluding carboxylic acids is 1. The fourth-order valence-electron chi connectivity index (χ4n) is 3.11. The second-order valence-corrected chi connectivity index (χ2v) is 5.92. The van der Waals surface area contributed by atoms with Crippen LogP contribution in [0, 0.1) is 0 Å². The minimum absolute atomic E-state index is 0.0443. The van der Waals surface area contributed by atoms with E-state index in [-0.39, 0.29) is 11.9 Å². The number of nitrogens with one attached hydrogen (secondary N) is 1. The van der Waals surface area contributed by atoms with Gasteiger partial charge in [-0.05, 0) is 19.1 Å². The van der Waals surface area contributed by atoms with Gasteiger partial charge in [0.25, 0.3) is 0 Å². The molecule has 2 heterocycles. The van der Waals surface area contributed by atoms with Crippen molar-refractivity contribution in [1.82, 2.24) is 9.47 Å². The van der Waals surface area contributed by atoms with E-state index in [0.717, 1.165) is 13.1 Å². The van der Waals surface area contributed by atoms with Crippen molar-refractivity contribution in [2.45, 2.75) is 19.5 Å². The third-order valence-corrected chi connectivity index (χ3v) is 4.45. The molecular weight excluding hydrogens is 306 g/mol. The molecule has 1 amide bonds. The highest BCUT2D eigenvalue weighted by atomic mass is 16.5. The van der Waals surface area contributed by atoms with Gasteiger partial charge in [0.15, 0.2) is 0 Å². The molecular formula is C18H23N3O3. The molecule has 1 atom stereocenters. The zero-order chi connectivity index (χ0) is 17.1. The lowest BCUT2D eigenvalue weighted by atomic mass is 10.1. The summed E-state index contributed by atoms with van der Waals surface area (Å²) in [5, 5.41) is 2.93. The first-order chi connectivity index (χ1) is 11.6. The van der Waals surface area contributed by atoms with Gasteiger partial charge in [0, 0.05) is 54.9 Å². The van der Waals surface area contributed by atoms with Gasteiger partial charge in [0.1, 0.15) is 11.5 Å². The number of methoxy groups -OCH3 is 2. The summed E-state index contributed by atoms with van der Waals surface area (Å²) in [6.07, 6.45) is 2.09. The Bertz CT molecular complexity index is 704. The van der Waals surface area contributed by atoms with Gasteiger partial charge < -0.3 is 19.4 Å². The van der Waals surface area contributed by atoms with Gasteiger partial charge in [-0.1, -0.05) is 0 Å². The topological polar surface area (TPSA) is 55.7 Å². The molecule has 0 spiro atoms. The van der Waals surface area contributed by atoms with Gasteiger partial charge in [-0.3, -0.25) is 9.69 Å². The first kappa shape index (κ1) is 16.4. The molecule has 1 N–H and O–H groups in total. The lowest BCUT2D eigenvalue weighted by molar-refractivity contribution is -0.118. The normalized spacial score (nSPS) is 17.2. The number of carbonyl (C=O) groups is 1. The molecule has 6 heteroatoms. The number of hydrogen-bond acceptors (Lipinski definition) is 4. The molecule has 1 aliphatic heterocycles. The zero-order valence-electron chi connectivity index (χ0n) is 14.3. The maximum Gasteiger partial charge on any atom is 0.238 e. The van der Waals surface area contributed by atoms with Crippen molar-refractivity contribution in [1.29, 1.82) is 0 Å².